The Balaban J connectivity index is 1.45. The van der Waals surface area contributed by atoms with Gasteiger partial charge in [0.1, 0.15) is 0 Å². The lowest BCUT2D eigenvalue weighted by atomic mass is 10.1. The largest absolute Gasteiger partial charge is 0.424 e. The molecule has 0 amide bonds. The van der Waals surface area contributed by atoms with E-state index in [9.17, 15) is 4.79 Å². The van der Waals surface area contributed by atoms with Gasteiger partial charge in [0, 0.05) is 0 Å². The SMILES string of the molecule is CCc1ccc(-n2c(SCc3nnc(Cc4ccccc4)o3)nc3ccccc3c2=O)cc1. The molecule has 0 atom stereocenters. The highest BCUT2D eigenvalue weighted by Gasteiger charge is 2.15. The second kappa shape index (κ2) is 9.42. The van der Waals surface area contributed by atoms with Gasteiger partial charge in [-0.05, 0) is 41.8 Å². The Morgan fingerprint density at radius 1 is 0.848 bits per heavy atom. The van der Waals surface area contributed by atoms with E-state index in [1.807, 2.05) is 78.9 Å². The molecule has 0 saturated carbocycles. The van der Waals surface area contributed by atoms with Gasteiger partial charge in [0.25, 0.3) is 5.56 Å². The molecule has 5 aromatic rings. The van der Waals surface area contributed by atoms with E-state index in [2.05, 4.69) is 17.1 Å². The maximum Gasteiger partial charge on any atom is 0.266 e. The van der Waals surface area contributed by atoms with Crippen LogP contribution in [0.5, 0.6) is 0 Å². The molecule has 2 aromatic heterocycles. The summed E-state index contributed by atoms with van der Waals surface area (Å²) in [5.74, 6) is 1.48. The first kappa shape index (κ1) is 21.2. The Labute approximate surface area is 195 Å². The van der Waals surface area contributed by atoms with Crippen LogP contribution in [0.2, 0.25) is 0 Å². The lowest BCUT2D eigenvalue weighted by Crippen LogP contribution is -2.21. The first-order valence-corrected chi connectivity index (χ1v) is 11.8. The molecule has 0 aliphatic rings. The fourth-order valence-electron chi connectivity index (χ4n) is 3.63. The lowest BCUT2D eigenvalue weighted by molar-refractivity contribution is 0.474. The molecule has 0 aliphatic heterocycles. The van der Waals surface area contributed by atoms with Crippen LogP contribution < -0.4 is 5.56 Å². The molecule has 5 rings (SSSR count). The van der Waals surface area contributed by atoms with Crippen molar-refractivity contribution in [3.63, 3.8) is 0 Å². The van der Waals surface area contributed by atoms with Crippen LogP contribution in [0.15, 0.2) is 93.2 Å². The number of benzene rings is 3. The number of fused-ring (bicyclic) bond motifs is 1. The predicted molar refractivity (Wildman–Crippen MR) is 130 cm³/mol. The zero-order valence-corrected chi connectivity index (χ0v) is 19.0. The maximum atomic E-state index is 13.4. The van der Waals surface area contributed by atoms with Crippen molar-refractivity contribution in [1.82, 2.24) is 19.7 Å². The summed E-state index contributed by atoms with van der Waals surface area (Å²) in [5.41, 5.74) is 3.69. The fraction of sp³-hybridized carbons (Fsp3) is 0.154. The van der Waals surface area contributed by atoms with Crippen molar-refractivity contribution in [2.45, 2.75) is 30.7 Å². The van der Waals surface area contributed by atoms with Crippen LogP contribution >= 0.6 is 11.8 Å². The van der Waals surface area contributed by atoms with Crippen molar-refractivity contribution in [1.29, 1.82) is 0 Å². The number of rotatable bonds is 7. The molecule has 0 spiro atoms. The summed E-state index contributed by atoms with van der Waals surface area (Å²) >= 11 is 1.41. The third kappa shape index (κ3) is 4.59. The van der Waals surface area contributed by atoms with E-state index < -0.39 is 0 Å². The summed E-state index contributed by atoms with van der Waals surface area (Å²) in [6.07, 6.45) is 1.52. The van der Waals surface area contributed by atoms with Gasteiger partial charge in [0.05, 0.1) is 28.8 Å². The van der Waals surface area contributed by atoms with Gasteiger partial charge in [0.2, 0.25) is 11.8 Å². The molecule has 0 saturated heterocycles. The Morgan fingerprint density at radius 3 is 2.36 bits per heavy atom. The molecule has 0 unspecified atom stereocenters. The molecular weight excluding hydrogens is 432 g/mol. The highest BCUT2D eigenvalue weighted by molar-refractivity contribution is 7.98. The summed E-state index contributed by atoms with van der Waals surface area (Å²) in [4.78, 5) is 18.2. The number of para-hydroxylation sites is 1. The maximum absolute atomic E-state index is 13.4. The minimum Gasteiger partial charge on any atom is -0.424 e. The van der Waals surface area contributed by atoms with Crippen molar-refractivity contribution in [3.05, 3.63) is 112 Å². The van der Waals surface area contributed by atoms with Gasteiger partial charge in [-0.1, -0.05) is 73.3 Å². The number of hydrogen-bond donors (Lipinski definition) is 0. The molecule has 33 heavy (non-hydrogen) atoms. The standard InChI is InChI=1S/C26H22N4O2S/c1-2-18-12-14-20(15-13-18)30-25(31)21-10-6-7-11-22(21)27-26(30)33-17-24-29-28-23(32-24)16-19-8-4-3-5-9-19/h3-15H,2,16-17H2,1H3. The summed E-state index contributed by atoms with van der Waals surface area (Å²) < 4.78 is 7.51. The lowest BCUT2D eigenvalue weighted by Gasteiger charge is -2.13. The van der Waals surface area contributed by atoms with Crippen LogP contribution in [0.25, 0.3) is 16.6 Å². The zero-order chi connectivity index (χ0) is 22.6. The van der Waals surface area contributed by atoms with Gasteiger partial charge in [-0.15, -0.1) is 10.2 Å². The normalized spacial score (nSPS) is 11.2. The summed E-state index contributed by atoms with van der Waals surface area (Å²) in [7, 11) is 0. The van der Waals surface area contributed by atoms with E-state index in [1.165, 1.54) is 17.3 Å². The van der Waals surface area contributed by atoms with E-state index in [1.54, 1.807) is 4.57 Å². The first-order valence-electron chi connectivity index (χ1n) is 10.8. The molecule has 164 valence electrons. The van der Waals surface area contributed by atoms with Gasteiger partial charge < -0.3 is 4.42 Å². The van der Waals surface area contributed by atoms with Gasteiger partial charge in [0.15, 0.2) is 5.16 Å². The molecule has 3 aromatic carbocycles. The zero-order valence-electron chi connectivity index (χ0n) is 18.1. The van der Waals surface area contributed by atoms with Gasteiger partial charge in [-0.3, -0.25) is 9.36 Å². The van der Waals surface area contributed by atoms with Gasteiger partial charge >= 0.3 is 0 Å². The highest BCUT2D eigenvalue weighted by atomic mass is 32.2. The number of thioether (sulfide) groups is 1. The second-order valence-corrected chi connectivity index (χ2v) is 8.56. The van der Waals surface area contributed by atoms with Crippen molar-refractivity contribution >= 4 is 22.7 Å². The monoisotopic (exact) mass is 454 g/mol. The summed E-state index contributed by atoms with van der Waals surface area (Å²) in [5, 5.41) is 9.53. The Bertz CT molecular complexity index is 1440. The van der Waals surface area contributed by atoms with E-state index >= 15 is 0 Å². The third-order valence-corrected chi connectivity index (χ3v) is 6.30. The van der Waals surface area contributed by atoms with Crippen LogP contribution in [0.3, 0.4) is 0 Å². The molecule has 0 N–H and O–H groups in total. The van der Waals surface area contributed by atoms with E-state index in [0.717, 1.165) is 17.7 Å². The van der Waals surface area contributed by atoms with Crippen molar-refractivity contribution in [2.75, 3.05) is 0 Å². The molecular formula is C26H22N4O2S. The molecule has 6 nitrogen and oxygen atoms in total. The number of aromatic nitrogens is 4. The summed E-state index contributed by atoms with van der Waals surface area (Å²) in [6, 6.07) is 25.4. The quantitative estimate of drug-likeness (QED) is 0.248. The van der Waals surface area contributed by atoms with Crippen LogP contribution in [0.1, 0.15) is 29.8 Å². The summed E-state index contributed by atoms with van der Waals surface area (Å²) in [6.45, 7) is 2.11. The first-order chi connectivity index (χ1) is 16.2. The average Bonchev–Trinajstić information content (AvgIpc) is 3.31. The topological polar surface area (TPSA) is 73.8 Å². The van der Waals surface area contributed by atoms with Crippen molar-refractivity contribution in [2.24, 2.45) is 0 Å². The molecule has 2 heterocycles. The minimum absolute atomic E-state index is 0.0948. The molecule has 7 heteroatoms. The average molecular weight is 455 g/mol. The Kier molecular flexibility index (Phi) is 6.04. The fourth-order valence-corrected chi connectivity index (χ4v) is 4.48. The van der Waals surface area contributed by atoms with Crippen LogP contribution in [-0.2, 0) is 18.6 Å². The van der Waals surface area contributed by atoms with Crippen molar-refractivity contribution in [3.8, 4) is 5.69 Å². The molecule has 0 fully saturated rings. The minimum atomic E-state index is -0.0948. The Hall–Kier alpha value is -3.71. The number of aryl methyl sites for hydroxylation is 1. The molecule has 0 bridgehead atoms. The van der Waals surface area contributed by atoms with Crippen LogP contribution in [-0.4, -0.2) is 19.7 Å². The second-order valence-electron chi connectivity index (χ2n) is 7.61. The molecule has 0 radical (unpaired) electrons. The van der Waals surface area contributed by atoms with E-state index in [4.69, 9.17) is 9.40 Å². The van der Waals surface area contributed by atoms with Gasteiger partial charge in [-0.25, -0.2) is 4.98 Å². The number of hydrogen-bond acceptors (Lipinski definition) is 6. The van der Waals surface area contributed by atoms with Crippen LogP contribution in [0, 0.1) is 0 Å². The Morgan fingerprint density at radius 2 is 1.58 bits per heavy atom. The molecule has 0 aliphatic carbocycles. The third-order valence-electron chi connectivity index (χ3n) is 5.38. The van der Waals surface area contributed by atoms with Crippen LogP contribution in [0.4, 0.5) is 0 Å². The smallest absolute Gasteiger partial charge is 0.266 e. The van der Waals surface area contributed by atoms with E-state index in [0.29, 0.717) is 40.0 Å². The van der Waals surface area contributed by atoms with Crippen molar-refractivity contribution < 1.29 is 4.42 Å². The van der Waals surface area contributed by atoms with Gasteiger partial charge in [-0.2, -0.15) is 0 Å². The number of nitrogens with zero attached hydrogens (tertiary/aromatic N) is 4. The van der Waals surface area contributed by atoms with E-state index in [-0.39, 0.29) is 5.56 Å². The predicted octanol–water partition coefficient (Wildman–Crippen LogP) is 5.21. The highest BCUT2D eigenvalue weighted by Crippen LogP contribution is 2.25.